The highest BCUT2D eigenvalue weighted by atomic mass is 16.5. The van der Waals surface area contributed by atoms with Crippen molar-refractivity contribution in [3.63, 3.8) is 0 Å². The summed E-state index contributed by atoms with van der Waals surface area (Å²) in [6.45, 7) is 4.12. The molecule has 1 amide bonds. The van der Waals surface area contributed by atoms with E-state index in [0.717, 1.165) is 24.5 Å². The molecule has 0 saturated carbocycles. The van der Waals surface area contributed by atoms with Crippen molar-refractivity contribution in [3.8, 4) is 5.75 Å². The maximum Gasteiger partial charge on any atom is 0.259 e. The molecule has 0 aliphatic rings. The molecule has 0 fully saturated rings. The van der Waals surface area contributed by atoms with E-state index in [1.165, 1.54) is 10.5 Å². The van der Waals surface area contributed by atoms with E-state index < -0.39 is 0 Å². The van der Waals surface area contributed by atoms with Gasteiger partial charge in [-0.2, -0.15) is 0 Å². The van der Waals surface area contributed by atoms with Gasteiger partial charge in [0.25, 0.3) is 5.91 Å². The zero-order valence-corrected chi connectivity index (χ0v) is 18.9. The number of guanidine groups is 1. The Kier molecular flexibility index (Phi) is 10.4. The van der Waals surface area contributed by atoms with Gasteiger partial charge in [-0.15, -0.1) is 0 Å². The molecule has 0 saturated heterocycles. The van der Waals surface area contributed by atoms with E-state index in [1.807, 2.05) is 42.5 Å². The first kappa shape index (κ1) is 24.2. The molecule has 0 radical (unpaired) electrons. The Morgan fingerprint density at radius 1 is 1.10 bits per heavy atom. The summed E-state index contributed by atoms with van der Waals surface area (Å²) >= 11 is 0. The number of ether oxygens (including phenoxy) is 2. The van der Waals surface area contributed by atoms with Crippen LogP contribution in [0, 0.1) is 0 Å². The van der Waals surface area contributed by atoms with Gasteiger partial charge in [0.1, 0.15) is 5.75 Å². The molecule has 2 N–H and O–H groups in total. The van der Waals surface area contributed by atoms with E-state index >= 15 is 0 Å². The van der Waals surface area contributed by atoms with Crippen LogP contribution in [0.1, 0.15) is 30.6 Å². The largest absolute Gasteiger partial charge is 0.484 e. The minimum atomic E-state index is -0.0738. The number of carbonyl (C=O) groups excluding carboxylic acids is 1. The Labute approximate surface area is 185 Å². The number of hydrogen-bond acceptors (Lipinski definition) is 4. The van der Waals surface area contributed by atoms with Gasteiger partial charge in [-0.3, -0.25) is 9.79 Å². The number of nitrogens with one attached hydrogen (secondary N) is 2. The Hall–Kier alpha value is -3.06. The molecule has 0 aliphatic carbocycles. The highest BCUT2D eigenvalue weighted by Gasteiger charge is 2.06. The van der Waals surface area contributed by atoms with Crippen molar-refractivity contribution in [1.82, 2.24) is 15.5 Å². The molecule has 0 spiro atoms. The predicted octanol–water partition coefficient (Wildman–Crippen LogP) is 2.99. The van der Waals surface area contributed by atoms with Crippen molar-refractivity contribution in [2.24, 2.45) is 4.99 Å². The standard InChI is InChI=1S/C24H34N4O3/c1-19(21-11-6-5-7-12-21)30-15-9-14-26-24(25-2)27-17-20-10-8-13-22(16-20)31-18-23(29)28(3)4/h5-8,10-13,16,19H,9,14-15,17-18H2,1-4H3,(H2,25,26,27). The summed E-state index contributed by atoms with van der Waals surface area (Å²) in [5.41, 5.74) is 2.22. The van der Waals surface area contributed by atoms with Gasteiger partial charge in [-0.05, 0) is 36.6 Å². The Balaban J connectivity index is 1.67. The number of carbonyl (C=O) groups is 1. The van der Waals surface area contributed by atoms with Crippen LogP contribution >= 0.6 is 0 Å². The molecule has 168 valence electrons. The second kappa shape index (κ2) is 13.3. The van der Waals surface area contributed by atoms with Gasteiger partial charge in [0, 0.05) is 40.8 Å². The molecule has 31 heavy (non-hydrogen) atoms. The van der Waals surface area contributed by atoms with Crippen molar-refractivity contribution in [1.29, 1.82) is 0 Å². The lowest BCUT2D eigenvalue weighted by molar-refractivity contribution is -0.130. The zero-order valence-electron chi connectivity index (χ0n) is 18.9. The highest BCUT2D eigenvalue weighted by molar-refractivity contribution is 5.79. The van der Waals surface area contributed by atoms with Gasteiger partial charge in [0.15, 0.2) is 12.6 Å². The quantitative estimate of drug-likeness (QED) is 0.328. The second-order valence-corrected chi connectivity index (χ2v) is 7.35. The normalized spacial score (nSPS) is 12.2. The highest BCUT2D eigenvalue weighted by Crippen LogP contribution is 2.16. The lowest BCUT2D eigenvalue weighted by atomic mass is 10.1. The molecule has 1 atom stereocenters. The van der Waals surface area contributed by atoms with Crippen LogP contribution < -0.4 is 15.4 Å². The number of rotatable bonds is 11. The molecule has 2 aromatic rings. The number of amides is 1. The monoisotopic (exact) mass is 426 g/mol. The van der Waals surface area contributed by atoms with Crippen molar-refractivity contribution in [3.05, 3.63) is 65.7 Å². The van der Waals surface area contributed by atoms with Gasteiger partial charge in [-0.1, -0.05) is 42.5 Å². The van der Waals surface area contributed by atoms with Crippen molar-refractivity contribution < 1.29 is 14.3 Å². The van der Waals surface area contributed by atoms with Crippen LogP contribution in [0.15, 0.2) is 59.6 Å². The number of likely N-dealkylation sites (N-methyl/N-ethyl adjacent to an activating group) is 1. The van der Waals surface area contributed by atoms with Crippen molar-refractivity contribution in [2.45, 2.75) is 26.0 Å². The minimum absolute atomic E-state index is 0.0259. The van der Waals surface area contributed by atoms with Crippen LogP contribution in [0.5, 0.6) is 5.75 Å². The van der Waals surface area contributed by atoms with Crippen LogP contribution in [0.3, 0.4) is 0 Å². The third kappa shape index (κ3) is 9.09. The van der Waals surface area contributed by atoms with E-state index in [-0.39, 0.29) is 18.6 Å². The van der Waals surface area contributed by atoms with Gasteiger partial charge in [-0.25, -0.2) is 0 Å². The summed E-state index contributed by atoms with van der Waals surface area (Å²) in [6, 6.07) is 17.9. The molecule has 0 aliphatic heterocycles. The molecule has 0 aromatic heterocycles. The van der Waals surface area contributed by atoms with Crippen LogP contribution in [0.4, 0.5) is 0 Å². The lowest BCUT2D eigenvalue weighted by Crippen LogP contribution is -2.37. The van der Waals surface area contributed by atoms with Gasteiger partial charge in [0.05, 0.1) is 6.10 Å². The summed E-state index contributed by atoms with van der Waals surface area (Å²) in [5.74, 6) is 1.32. The number of benzene rings is 2. The number of nitrogens with zero attached hydrogens (tertiary/aromatic N) is 2. The van der Waals surface area contributed by atoms with Crippen LogP contribution in [-0.4, -0.2) is 57.7 Å². The molecular weight excluding hydrogens is 392 g/mol. The van der Waals surface area contributed by atoms with Crippen LogP contribution in [-0.2, 0) is 16.1 Å². The fourth-order valence-electron chi connectivity index (χ4n) is 2.79. The fraction of sp³-hybridized carbons (Fsp3) is 0.417. The maximum atomic E-state index is 11.7. The van der Waals surface area contributed by atoms with Gasteiger partial charge in [0.2, 0.25) is 0 Å². The lowest BCUT2D eigenvalue weighted by Gasteiger charge is -2.15. The first-order valence-electron chi connectivity index (χ1n) is 10.5. The minimum Gasteiger partial charge on any atom is -0.484 e. The van der Waals surface area contributed by atoms with Crippen molar-refractivity contribution >= 4 is 11.9 Å². The molecule has 2 aromatic carbocycles. The fourth-order valence-corrected chi connectivity index (χ4v) is 2.79. The summed E-state index contributed by atoms with van der Waals surface area (Å²) in [5, 5.41) is 6.59. The Bertz CT molecular complexity index is 825. The average Bonchev–Trinajstić information content (AvgIpc) is 2.79. The first-order chi connectivity index (χ1) is 15.0. The molecule has 0 bridgehead atoms. The molecule has 2 rings (SSSR count). The van der Waals surface area contributed by atoms with E-state index in [0.29, 0.717) is 18.9 Å². The average molecular weight is 427 g/mol. The summed E-state index contributed by atoms with van der Waals surface area (Å²) < 4.78 is 11.5. The predicted molar refractivity (Wildman–Crippen MR) is 124 cm³/mol. The molecule has 0 heterocycles. The maximum absolute atomic E-state index is 11.7. The van der Waals surface area contributed by atoms with E-state index in [2.05, 4.69) is 34.7 Å². The van der Waals surface area contributed by atoms with Crippen LogP contribution in [0.25, 0.3) is 0 Å². The summed E-state index contributed by atoms with van der Waals surface area (Å²) in [7, 11) is 5.16. The Morgan fingerprint density at radius 2 is 1.87 bits per heavy atom. The third-order valence-corrected chi connectivity index (χ3v) is 4.69. The molecular formula is C24H34N4O3. The third-order valence-electron chi connectivity index (χ3n) is 4.69. The van der Waals surface area contributed by atoms with Gasteiger partial charge < -0.3 is 25.0 Å². The number of hydrogen-bond donors (Lipinski definition) is 2. The molecule has 7 nitrogen and oxygen atoms in total. The Morgan fingerprint density at radius 3 is 2.58 bits per heavy atom. The van der Waals surface area contributed by atoms with Gasteiger partial charge >= 0.3 is 0 Å². The number of aliphatic imine (C=N–C) groups is 1. The summed E-state index contributed by atoms with van der Waals surface area (Å²) in [4.78, 5) is 17.4. The second-order valence-electron chi connectivity index (χ2n) is 7.35. The van der Waals surface area contributed by atoms with Crippen LogP contribution in [0.2, 0.25) is 0 Å². The topological polar surface area (TPSA) is 75.2 Å². The molecule has 1 unspecified atom stereocenters. The molecule has 7 heteroatoms. The SMILES string of the molecule is CN=C(NCCCOC(C)c1ccccc1)NCc1cccc(OCC(=O)N(C)C)c1. The summed E-state index contributed by atoms with van der Waals surface area (Å²) in [6.07, 6.45) is 0.960. The van der Waals surface area contributed by atoms with Crippen molar-refractivity contribution in [2.75, 3.05) is 40.9 Å². The smallest absolute Gasteiger partial charge is 0.259 e. The van der Waals surface area contributed by atoms with E-state index in [9.17, 15) is 4.79 Å². The van der Waals surface area contributed by atoms with E-state index in [1.54, 1.807) is 21.1 Å². The first-order valence-corrected chi connectivity index (χ1v) is 10.5. The van der Waals surface area contributed by atoms with E-state index in [4.69, 9.17) is 9.47 Å². The zero-order chi connectivity index (χ0) is 22.5.